The molecule has 2 aromatic rings. The van der Waals surface area contributed by atoms with Crippen molar-refractivity contribution in [1.29, 1.82) is 0 Å². The number of carbonyl (C=O) groups excluding carboxylic acids is 1. The van der Waals surface area contributed by atoms with Crippen molar-refractivity contribution in [3.63, 3.8) is 0 Å². The first kappa shape index (κ1) is 20.9. The Morgan fingerprint density at radius 3 is 2.70 bits per heavy atom. The fourth-order valence-corrected chi connectivity index (χ4v) is 3.12. The van der Waals surface area contributed by atoms with Gasteiger partial charge in [0, 0.05) is 24.4 Å². The molecular formula is C20H24ClN3O3. The van der Waals surface area contributed by atoms with Gasteiger partial charge in [0.2, 0.25) is 11.7 Å². The van der Waals surface area contributed by atoms with Crippen LogP contribution in [-0.2, 0) is 6.54 Å². The van der Waals surface area contributed by atoms with Crippen LogP contribution < -0.4 is 4.74 Å². The Balaban J connectivity index is 0.00000261. The number of piperidine rings is 1. The standard InChI is InChI=1S/C20H23N3O3.ClH/c24-19(13-22-25)18-6-9-21-20(12-18)26-15-17-7-10-23(11-8-17)14-16-4-2-1-3-5-16;/h1-6,9,12-13,17,25H,7-8,10-11,14-15H2;1H/b22-13+;. The molecule has 0 aliphatic carbocycles. The molecule has 1 aliphatic rings. The molecule has 0 atom stereocenters. The second-order valence-corrected chi connectivity index (χ2v) is 6.51. The number of ether oxygens (including phenoxy) is 1. The minimum Gasteiger partial charge on any atom is -0.477 e. The Hall–Kier alpha value is -2.44. The van der Waals surface area contributed by atoms with Crippen molar-refractivity contribution < 1.29 is 14.7 Å². The van der Waals surface area contributed by atoms with Crippen LogP contribution >= 0.6 is 12.4 Å². The number of halogens is 1. The van der Waals surface area contributed by atoms with Crippen LogP contribution in [-0.4, -0.2) is 46.8 Å². The summed E-state index contributed by atoms with van der Waals surface area (Å²) in [5.74, 6) is 0.532. The SMILES string of the molecule is Cl.O=C(/C=N/O)c1ccnc(OCC2CCN(Cc3ccccc3)CC2)c1. The summed E-state index contributed by atoms with van der Waals surface area (Å²) >= 11 is 0. The number of hydrogen-bond acceptors (Lipinski definition) is 6. The number of hydrogen-bond donors (Lipinski definition) is 1. The first-order valence-electron chi connectivity index (χ1n) is 8.81. The van der Waals surface area contributed by atoms with E-state index in [1.165, 1.54) is 11.8 Å². The zero-order chi connectivity index (χ0) is 18.2. The van der Waals surface area contributed by atoms with Gasteiger partial charge in [-0.2, -0.15) is 0 Å². The van der Waals surface area contributed by atoms with E-state index in [9.17, 15) is 4.79 Å². The third-order valence-corrected chi connectivity index (χ3v) is 4.62. The third-order valence-electron chi connectivity index (χ3n) is 4.62. The third kappa shape index (κ3) is 6.34. The highest BCUT2D eigenvalue weighted by molar-refractivity contribution is 6.35. The Labute approximate surface area is 165 Å². The van der Waals surface area contributed by atoms with E-state index in [1.807, 2.05) is 6.07 Å². The summed E-state index contributed by atoms with van der Waals surface area (Å²) < 4.78 is 5.78. The lowest BCUT2D eigenvalue weighted by Crippen LogP contribution is -2.35. The molecule has 144 valence electrons. The number of nitrogens with zero attached hydrogens (tertiary/aromatic N) is 3. The monoisotopic (exact) mass is 389 g/mol. The van der Waals surface area contributed by atoms with Crippen LogP contribution in [0, 0.1) is 5.92 Å². The molecule has 6 nitrogen and oxygen atoms in total. The number of rotatable bonds is 7. The summed E-state index contributed by atoms with van der Waals surface area (Å²) in [4.78, 5) is 18.3. The number of pyridine rings is 1. The van der Waals surface area contributed by atoms with Crippen LogP contribution in [0.3, 0.4) is 0 Å². The number of oxime groups is 1. The maximum atomic E-state index is 11.7. The smallest absolute Gasteiger partial charge is 0.213 e. The summed E-state index contributed by atoms with van der Waals surface area (Å²) in [6.45, 7) is 3.70. The molecule has 1 fully saturated rings. The normalized spacial score (nSPS) is 15.4. The highest BCUT2D eigenvalue weighted by atomic mass is 35.5. The van der Waals surface area contributed by atoms with E-state index in [0.717, 1.165) is 38.7 Å². The number of Topliss-reactive ketones (excluding diaryl/α,β-unsaturated/α-hetero) is 1. The first-order chi connectivity index (χ1) is 12.7. The topological polar surface area (TPSA) is 75.0 Å². The fourth-order valence-electron chi connectivity index (χ4n) is 3.12. The first-order valence-corrected chi connectivity index (χ1v) is 8.81. The molecule has 1 aliphatic heterocycles. The average molecular weight is 390 g/mol. The van der Waals surface area contributed by atoms with E-state index >= 15 is 0 Å². The maximum absolute atomic E-state index is 11.7. The molecule has 0 unspecified atom stereocenters. The van der Waals surface area contributed by atoms with Gasteiger partial charge in [0.1, 0.15) is 6.21 Å². The van der Waals surface area contributed by atoms with Crippen LogP contribution in [0.5, 0.6) is 5.88 Å². The number of benzene rings is 1. The number of ketones is 1. The lowest BCUT2D eigenvalue weighted by molar-refractivity contribution is 0.106. The van der Waals surface area contributed by atoms with Crippen LogP contribution in [0.1, 0.15) is 28.8 Å². The number of aromatic nitrogens is 1. The Kier molecular flexibility index (Phi) is 8.23. The Morgan fingerprint density at radius 1 is 1.26 bits per heavy atom. The van der Waals surface area contributed by atoms with E-state index in [4.69, 9.17) is 9.94 Å². The molecule has 0 amide bonds. The lowest BCUT2D eigenvalue weighted by Gasteiger charge is -2.31. The van der Waals surface area contributed by atoms with Gasteiger partial charge < -0.3 is 9.94 Å². The van der Waals surface area contributed by atoms with Gasteiger partial charge >= 0.3 is 0 Å². The Morgan fingerprint density at radius 2 is 2.00 bits per heavy atom. The number of likely N-dealkylation sites (tertiary alicyclic amines) is 1. The van der Waals surface area contributed by atoms with E-state index in [-0.39, 0.29) is 18.2 Å². The van der Waals surface area contributed by atoms with Crippen molar-refractivity contribution in [2.45, 2.75) is 19.4 Å². The van der Waals surface area contributed by atoms with E-state index in [0.29, 0.717) is 24.0 Å². The van der Waals surface area contributed by atoms with Crippen LogP contribution in [0.2, 0.25) is 0 Å². The van der Waals surface area contributed by atoms with E-state index in [1.54, 1.807) is 12.1 Å². The number of carbonyl (C=O) groups is 1. The molecule has 0 saturated carbocycles. The Bertz CT molecular complexity index is 747. The fraction of sp³-hybridized carbons (Fsp3) is 0.350. The molecule has 1 aromatic carbocycles. The average Bonchev–Trinajstić information content (AvgIpc) is 2.69. The summed E-state index contributed by atoms with van der Waals surface area (Å²) in [5, 5.41) is 11.2. The molecule has 1 aromatic heterocycles. The molecular weight excluding hydrogens is 366 g/mol. The quantitative estimate of drug-likeness (QED) is 0.340. The highest BCUT2D eigenvalue weighted by Gasteiger charge is 2.20. The zero-order valence-electron chi connectivity index (χ0n) is 15.0. The second-order valence-electron chi connectivity index (χ2n) is 6.51. The predicted molar refractivity (Wildman–Crippen MR) is 106 cm³/mol. The van der Waals surface area contributed by atoms with Gasteiger partial charge in [-0.3, -0.25) is 9.69 Å². The second kappa shape index (κ2) is 10.6. The van der Waals surface area contributed by atoms with Crippen molar-refractivity contribution in [3.8, 4) is 5.88 Å². The highest BCUT2D eigenvalue weighted by Crippen LogP contribution is 2.20. The summed E-state index contributed by atoms with van der Waals surface area (Å²) in [6.07, 6.45) is 4.56. The molecule has 1 saturated heterocycles. The summed E-state index contributed by atoms with van der Waals surface area (Å²) in [5.41, 5.74) is 1.74. The van der Waals surface area contributed by atoms with E-state index < -0.39 is 0 Å². The largest absolute Gasteiger partial charge is 0.477 e. The molecule has 27 heavy (non-hydrogen) atoms. The molecule has 0 spiro atoms. The van der Waals surface area contributed by atoms with Crippen LogP contribution in [0.15, 0.2) is 53.8 Å². The van der Waals surface area contributed by atoms with Crippen molar-refractivity contribution in [2.24, 2.45) is 11.1 Å². The molecule has 0 radical (unpaired) electrons. The molecule has 3 rings (SSSR count). The van der Waals surface area contributed by atoms with Crippen molar-refractivity contribution >= 4 is 24.4 Å². The van der Waals surface area contributed by atoms with Gasteiger partial charge in [0.05, 0.1) is 6.61 Å². The summed E-state index contributed by atoms with van der Waals surface area (Å²) in [6, 6.07) is 13.7. The summed E-state index contributed by atoms with van der Waals surface area (Å²) in [7, 11) is 0. The lowest BCUT2D eigenvalue weighted by atomic mass is 9.97. The molecule has 0 bridgehead atoms. The van der Waals surface area contributed by atoms with Gasteiger partial charge in [-0.25, -0.2) is 4.98 Å². The van der Waals surface area contributed by atoms with Gasteiger partial charge in [0.25, 0.3) is 0 Å². The minimum absolute atomic E-state index is 0. The van der Waals surface area contributed by atoms with Gasteiger partial charge in [-0.05, 0) is 43.5 Å². The molecule has 1 N–H and O–H groups in total. The minimum atomic E-state index is -0.381. The van der Waals surface area contributed by atoms with Crippen LogP contribution in [0.4, 0.5) is 0 Å². The molecule has 2 heterocycles. The van der Waals surface area contributed by atoms with Crippen LogP contribution in [0.25, 0.3) is 0 Å². The van der Waals surface area contributed by atoms with Gasteiger partial charge in [-0.15, -0.1) is 12.4 Å². The van der Waals surface area contributed by atoms with Gasteiger partial charge in [0.15, 0.2) is 0 Å². The predicted octanol–water partition coefficient (Wildman–Crippen LogP) is 3.44. The molecule has 7 heteroatoms. The van der Waals surface area contributed by atoms with Crippen molar-refractivity contribution in [1.82, 2.24) is 9.88 Å². The van der Waals surface area contributed by atoms with E-state index in [2.05, 4.69) is 39.3 Å². The maximum Gasteiger partial charge on any atom is 0.213 e. The van der Waals surface area contributed by atoms with Crippen molar-refractivity contribution in [2.75, 3.05) is 19.7 Å². The van der Waals surface area contributed by atoms with Gasteiger partial charge in [-0.1, -0.05) is 35.5 Å². The zero-order valence-corrected chi connectivity index (χ0v) is 15.8. The van der Waals surface area contributed by atoms with Crippen molar-refractivity contribution in [3.05, 3.63) is 59.8 Å².